The predicted molar refractivity (Wildman–Crippen MR) is 85.8 cm³/mol. The zero-order valence-electron chi connectivity index (χ0n) is 13.2. The predicted octanol–water partition coefficient (Wildman–Crippen LogP) is 3.45. The molecule has 0 saturated carbocycles. The number of benzene rings is 2. The van der Waals surface area contributed by atoms with E-state index in [-0.39, 0.29) is 45.6 Å². The van der Waals surface area contributed by atoms with Crippen molar-refractivity contribution in [1.29, 1.82) is 0 Å². The van der Waals surface area contributed by atoms with E-state index in [1.54, 1.807) is 0 Å². The van der Waals surface area contributed by atoms with Crippen molar-refractivity contribution in [2.24, 2.45) is 20.5 Å². The van der Waals surface area contributed by atoms with Gasteiger partial charge in [-0.05, 0) is 0 Å². The second-order valence-electron chi connectivity index (χ2n) is 4.32. The second kappa shape index (κ2) is 9.39. The van der Waals surface area contributed by atoms with Gasteiger partial charge in [0.1, 0.15) is 5.69 Å². The van der Waals surface area contributed by atoms with Crippen molar-refractivity contribution in [2.75, 3.05) is 14.1 Å². The summed E-state index contributed by atoms with van der Waals surface area (Å²) in [7, 11) is -1.96. The smallest absolute Gasteiger partial charge is 0.260 e. The van der Waals surface area contributed by atoms with Crippen molar-refractivity contribution < 1.29 is 51.3 Å². The van der Waals surface area contributed by atoms with Gasteiger partial charge < -0.3 is 5.11 Å². The van der Waals surface area contributed by atoms with Gasteiger partial charge in [0.25, 0.3) is 10.1 Å². The van der Waals surface area contributed by atoms with Gasteiger partial charge in [0.15, 0.2) is 0 Å². The van der Waals surface area contributed by atoms with Gasteiger partial charge in [-0.25, -0.2) is 13.7 Å². The van der Waals surface area contributed by atoms with Crippen LogP contribution in [-0.4, -0.2) is 37.4 Å². The van der Waals surface area contributed by atoms with Crippen LogP contribution >= 0.6 is 12.0 Å². The molecule has 14 heteroatoms. The van der Waals surface area contributed by atoms with E-state index >= 15 is 0 Å². The van der Waals surface area contributed by atoms with E-state index in [2.05, 4.69) is 35.9 Å². The second-order valence-corrected chi connectivity index (χ2v) is 6.45. The van der Waals surface area contributed by atoms with E-state index in [0.717, 1.165) is 6.07 Å². The van der Waals surface area contributed by atoms with Gasteiger partial charge in [-0.2, -0.15) is 20.5 Å². The van der Waals surface area contributed by atoms with E-state index in [0.29, 0.717) is 12.0 Å². The largest absolute Gasteiger partial charge is 0.548 e. The van der Waals surface area contributed by atoms with Gasteiger partial charge in [0, 0.05) is 43.2 Å². The molecule has 2 aromatic rings. The summed E-state index contributed by atoms with van der Waals surface area (Å²) in [6.07, 6.45) is 0. The summed E-state index contributed by atoms with van der Waals surface area (Å²) in [6.45, 7) is 0. The molecule has 0 atom stereocenters. The standard InChI is InChI=1S/C12H11N4O7S2.V/c1-13-15-8-5-7-6(4-10(8)25(19,20)21)3-9(24-23-22-18)11(12(7)17)16-14-2;/h3-4,17-18H,1-2H3,(H,19,20,21);/q-1;. The Morgan fingerprint density at radius 3 is 2.38 bits per heavy atom. The van der Waals surface area contributed by atoms with Crippen LogP contribution in [0.4, 0.5) is 11.4 Å². The Kier molecular flexibility index (Phi) is 8.11. The van der Waals surface area contributed by atoms with E-state index in [1.807, 2.05) is 0 Å². The van der Waals surface area contributed by atoms with Crippen LogP contribution in [0.2, 0.25) is 0 Å². The summed E-state index contributed by atoms with van der Waals surface area (Å²) in [6, 6.07) is 5.00. The van der Waals surface area contributed by atoms with Crippen molar-refractivity contribution >= 4 is 44.3 Å². The Hall–Kier alpha value is -1.58. The fourth-order valence-corrected chi connectivity index (χ4v) is 3.08. The van der Waals surface area contributed by atoms with Crippen LogP contribution in [0.15, 0.2) is 42.4 Å². The zero-order chi connectivity index (χ0) is 18.6. The molecule has 1 radical (unpaired) electrons. The Labute approximate surface area is 163 Å². The van der Waals surface area contributed by atoms with Crippen LogP contribution in [0.3, 0.4) is 0 Å². The van der Waals surface area contributed by atoms with E-state index in [1.165, 1.54) is 20.2 Å². The zero-order valence-corrected chi connectivity index (χ0v) is 16.2. The molecule has 0 aromatic heterocycles. The van der Waals surface area contributed by atoms with Crippen molar-refractivity contribution in [1.82, 2.24) is 0 Å². The molecular formula is C12H11N4O7S2V-. The average Bonchev–Trinajstić information content (AvgIpc) is 2.55. The van der Waals surface area contributed by atoms with Crippen LogP contribution in [0, 0.1) is 6.07 Å². The number of nitrogens with zero attached hydrogens (tertiary/aromatic N) is 4. The molecule has 0 unspecified atom stereocenters. The number of phenols is 1. The molecule has 0 aliphatic heterocycles. The minimum atomic E-state index is -4.62. The average molecular weight is 438 g/mol. The number of rotatable bonds is 6. The summed E-state index contributed by atoms with van der Waals surface area (Å²) in [5, 5.41) is 36.8. The van der Waals surface area contributed by atoms with Gasteiger partial charge in [-0.15, -0.1) is 21.9 Å². The first-order valence-electron chi connectivity index (χ1n) is 6.31. The van der Waals surface area contributed by atoms with Crippen LogP contribution in [0.25, 0.3) is 10.8 Å². The molecule has 0 amide bonds. The van der Waals surface area contributed by atoms with Gasteiger partial charge in [0.05, 0.1) is 22.7 Å². The maximum Gasteiger partial charge on any atom is 0.260 e. The summed E-state index contributed by atoms with van der Waals surface area (Å²) in [5.41, 5.74) is -0.324. The summed E-state index contributed by atoms with van der Waals surface area (Å²) in [5.74, 6) is -0.401. The van der Waals surface area contributed by atoms with Crippen LogP contribution in [-0.2, 0) is 38.0 Å². The fraction of sp³-hybridized carbons (Fsp3) is 0.167. The number of hydrogen-bond acceptors (Lipinski definition) is 11. The third-order valence-electron chi connectivity index (χ3n) is 2.87. The molecule has 11 nitrogen and oxygen atoms in total. The summed E-state index contributed by atoms with van der Waals surface area (Å²) in [4.78, 5) is -0.408. The SMILES string of the molecule is CN=Nc1[c-]c2c(O)c(N=NC)c(SOOO)cc2cc1S(=O)(=O)O.[V]. The molecule has 2 rings (SSSR count). The van der Waals surface area contributed by atoms with Gasteiger partial charge in [-0.1, -0.05) is 16.5 Å². The number of hydrogen-bond donors (Lipinski definition) is 3. The van der Waals surface area contributed by atoms with Crippen molar-refractivity contribution in [3.63, 3.8) is 0 Å². The monoisotopic (exact) mass is 438 g/mol. The molecule has 0 bridgehead atoms. The number of azo groups is 2. The Morgan fingerprint density at radius 1 is 1.19 bits per heavy atom. The van der Waals surface area contributed by atoms with Crippen molar-refractivity contribution in [3.8, 4) is 5.75 Å². The topological polar surface area (TPSA) is 163 Å². The minimum absolute atomic E-state index is 0. The fourth-order valence-electron chi connectivity index (χ4n) is 1.97. The molecule has 0 aliphatic carbocycles. The minimum Gasteiger partial charge on any atom is -0.548 e. The van der Waals surface area contributed by atoms with Gasteiger partial charge in [-0.3, -0.25) is 4.55 Å². The molecular weight excluding hydrogens is 427 g/mol. The van der Waals surface area contributed by atoms with Crippen LogP contribution < -0.4 is 0 Å². The molecule has 0 fully saturated rings. The van der Waals surface area contributed by atoms with Gasteiger partial charge >= 0.3 is 0 Å². The molecule has 3 N–H and O–H groups in total. The Bertz CT molecular complexity index is 966. The first-order chi connectivity index (χ1) is 11.8. The van der Waals surface area contributed by atoms with E-state index < -0.39 is 20.8 Å². The van der Waals surface area contributed by atoms with E-state index in [9.17, 15) is 18.1 Å². The molecule has 26 heavy (non-hydrogen) atoms. The maximum absolute atomic E-state index is 11.5. The first-order valence-corrected chi connectivity index (χ1v) is 8.49. The molecule has 139 valence electrons. The number of aromatic hydroxyl groups is 1. The maximum atomic E-state index is 11.5. The summed E-state index contributed by atoms with van der Waals surface area (Å²) >= 11 is 0.490. The number of fused-ring (bicyclic) bond motifs is 1. The molecule has 0 heterocycles. The van der Waals surface area contributed by atoms with Crippen molar-refractivity contribution in [2.45, 2.75) is 9.79 Å². The molecule has 0 spiro atoms. The Balaban J connectivity index is 0.00000338. The normalized spacial score (nSPS) is 12.2. The molecule has 0 aliphatic rings. The Morgan fingerprint density at radius 2 is 1.85 bits per heavy atom. The summed E-state index contributed by atoms with van der Waals surface area (Å²) < 4.78 is 36.7. The molecule has 0 saturated heterocycles. The third-order valence-corrected chi connectivity index (χ3v) is 4.35. The van der Waals surface area contributed by atoms with Gasteiger partial charge in [0.2, 0.25) is 0 Å². The van der Waals surface area contributed by atoms with Crippen LogP contribution in [0.1, 0.15) is 0 Å². The first kappa shape index (κ1) is 22.5. The number of phenolic OH excluding ortho intramolecular Hbond substituents is 1. The van der Waals surface area contributed by atoms with Crippen molar-refractivity contribution in [3.05, 3.63) is 18.2 Å². The van der Waals surface area contributed by atoms with E-state index in [4.69, 9.17) is 5.26 Å². The third kappa shape index (κ3) is 4.78. The van der Waals surface area contributed by atoms with Crippen LogP contribution in [0.5, 0.6) is 5.75 Å². The quantitative estimate of drug-likeness (QED) is 0.154. The molecule has 2 aromatic carbocycles.